The molecular weight excluding hydrogens is 404 g/mol. The fourth-order valence-electron chi connectivity index (χ4n) is 2.81. The van der Waals surface area contributed by atoms with Crippen LogP contribution in [0.5, 0.6) is 5.75 Å². The molecule has 1 unspecified atom stereocenters. The number of halogens is 2. The number of carbonyl (C=O) groups excluding carboxylic acids is 2. The summed E-state index contributed by atoms with van der Waals surface area (Å²) in [5.74, 6) is -2.64. The molecule has 0 aliphatic rings. The van der Waals surface area contributed by atoms with Gasteiger partial charge in [0.1, 0.15) is 17.4 Å². The summed E-state index contributed by atoms with van der Waals surface area (Å²) in [6, 6.07) is 17.9. The van der Waals surface area contributed by atoms with Crippen molar-refractivity contribution in [3.63, 3.8) is 0 Å². The van der Waals surface area contributed by atoms with E-state index in [9.17, 15) is 18.4 Å². The molecule has 160 valence electrons. The van der Waals surface area contributed by atoms with Crippen LogP contribution in [0.4, 0.5) is 8.78 Å². The fourth-order valence-corrected chi connectivity index (χ4v) is 2.81. The zero-order chi connectivity index (χ0) is 22.4. The minimum Gasteiger partial charge on any atom is -0.459 e. The second-order valence-corrected chi connectivity index (χ2v) is 6.98. The quantitative estimate of drug-likeness (QED) is 0.440. The Bertz CT molecular complexity index is 1070. The fraction of sp³-hybridized carbons (Fsp3) is 0.167. The number of hydrogen-bond acceptors (Lipinski definition) is 4. The van der Waals surface area contributed by atoms with Gasteiger partial charge in [0.25, 0.3) is 12.1 Å². The molecule has 1 N–H and O–H groups in total. The molecule has 1 atom stereocenters. The van der Waals surface area contributed by atoms with E-state index in [0.717, 1.165) is 6.07 Å². The molecule has 3 aromatic carbocycles. The summed E-state index contributed by atoms with van der Waals surface area (Å²) >= 11 is 0. The van der Waals surface area contributed by atoms with Gasteiger partial charge >= 0.3 is 5.97 Å². The largest absolute Gasteiger partial charge is 0.459 e. The van der Waals surface area contributed by atoms with Crippen molar-refractivity contribution in [2.24, 2.45) is 0 Å². The van der Waals surface area contributed by atoms with Crippen LogP contribution in [0.3, 0.4) is 0 Å². The second kappa shape index (κ2) is 9.84. The van der Waals surface area contributed by atoms with Crippen LogP contribution in [-0.2, 0) is 9.53 Å². The standard InChI is InChI=1S/C24H21F2NO4/c1-15(2)30-24(29)23(31-19-9-4-3-5-10-19)27-22(28)20-14-17(11-12-21(20)26)16-7-6-8-18(25)13-16/h3-15,23H,1-2H3,(H,27,28). The highest BCUT2D eigenvalue weighted by Crippen LogP contribution is 2.23. The van der Waals surface area contributed by atoms with Gasteiger partial charge in [0.2, 0.25) is 0 Å². The highest BCUT2D eigenvalue weighted by atomic mass is 19.1. The Balaban J connectivity index is 1.86. The molecule has 0 saturated heterocycles. The van der Waals surface area contributed by atoms with E-state index in [4.69, 9.17) is 9.47 Å². The molecule has 1 amide bonds. The third kappa shape index (κ3) is 5.88. The van der Waals surface area contributed by atoms with Crippen LogP contribution < -0.4 is 10.1 Å². The van der Waals surface area contributed by atoms with Crippen molar-refractivity contribution in [3.8, 4) is 16.9 Å². The molecule has 0 bridgehead atoms. The lowest BCUT2D eigenvalue weighted by atomic mass is 10.0. The van der Waals surface area contributed by atoms with Gasteiger partial charge in [0, 0.05) is 0 Å². The smallest absolute Gasteiger partial charge is 0.369 e. The van der Waals surface area contributed by atoms with Crippen LogP contribution >= 0.6 is 0 Å². The molecule has 0 aliphatic carbocycles. The minimum absolute atomic E-state index is 0.319. The first-order chi connectivity index (χ1) is 14.8. The lowest BCUT2D eigenvalue weighted by molar-refractivity contribution is -0.157. The normalized spacial score (nSPS) is 11.6. The number of amides is 1. The number of benzene rings is 3. The van der Waals surface area contributed by atoms with Crippen molar-refractivity contribution in [3.05, 3.63) is 90.0 Å². The molecule has 0 spiro atoms. The van der Waals surface area contributed by atoms with Crippen LogP contribution in [0.2, 0.25) is 0 Å². The molecule has 0 radical (unpaired) electrons. The molecule has 3 aromatic rings. The maximum absolute atomic E-state index is 14.4. The van der Waals surface area contributed by atoms with E-state index < -0.39 is 35.8 Å². The molecule has 5 nitrogen and oxygen atoms in total. The van der Waals surface area contributed by atoms with Gasteiger partial charge in [-0.1, -0.05) is 36.4 Å². The van der Waals surface area contributed by atoms with Gasteiger partial charge in [-0.15, -0.1) is 0 Å². The minimum atomic E-state index is -1.49. The molecule has 31 heavy (non-hydrogen) atoms. The number of ether oxygens (including phenoxy) is 2. The molecule has 0 saturated carbocycles. The van der Waals surface area contributed by atoms with E-state index >= 15 is 0 Å². The predicted octanol–water partition coefficient (Wildman–Crippen LogP) is 4.72. The van der Waals surface area contributed by atoms with E-state index in [-0.39, 0.29) is 5.56 Å². The zero-order valence-corrected chi connectivity index (χ0v) is 17.0. The molecule has 0 fully saturated rings. The van der Waals surface area contributed by atoms with E-state index in [0.29, 0.717) is 16.9 Å². The Hall–Kier alpha value is -3.74. The highest BCUT2D eigenvalue weighted by molar-refractivity contribution is 5.97. The number of nitrogens with one attached hydrogen (secondary N) is 1. The Morgan fingerprint density at radius 3 is 2.26 bits per heavy atom. The summed E-state index contributed by atoms with van der Waals surface area (Å²) in [6.45, 7) is 3.31. The molecule has 7 heteroatoms. The lowest BCUT2D eigenvalue weighted by Gasteiger charge is -2.20. The second-order valence-electron chi connectivity index (χ2n) is 6.98. The topological polar surface area (TPSA) is 64.6 Å². The molecule has 0 aromatic heterocycles. The molecular formula is C24H21F2NO4. The highest BCUT2D eigenvalue weighted by Gasteiger charge is 2.27. The van der Waals surface area contributed by atoms with Crippen molar-refractivity contribution >= 4 is 11.9 Å². The maximum Gasteiger partial charge on any atom is 0.369 e. The third-order valence-electron chi connectivity index (χ3n) is 4.19. The van der Waals surface area contributed by atoms with Gasteiger partial charge < -0.3 is 14.8 Å². The SMILES string of the molecule is CC(C)OC(=O)C(NC(=O)c1cc(-c2cccc(F)c2)ccc1F)Oc1ccccc1. The van der Waals surface area contributed by atoms with Crippen molar-refractivity contribution in [2.45, 2.75) is 26.2 Å². The Labute approximate surface area is 178 Å². The summed E-state index contributed by atoms with van der Waals surface area (Å²) < 4.78 is 38.7. The van der Waals surface area contributed by atoms with E-state index in [1.54, 1.807) is 50.2 Å². The first kappa shape index (κ1) is 22.0. The van der Waals surface area contributed by atoms with Crippen LogP contribution in [0.25, 0.3) is 11.1 Å². The van der Waals surface area contributed by atoms with Crippen molar-refractivity contribution in [1.29, 1.82) is 0 Å². The van der Waals surface area contributed by atoms with Crippen LogP contribution in [-0.4, -0.2) is 24.2 Å². The summed E-state index contributed by atoms with van der Waals surface area (Å²) in [7, 11) is 0. The van der Waals surface area contributed by atoms with Crippen LogP contribution in [0, 0.1) is 11.6 Å². The maximum atomic E-state index is 14.4. The predicted molar refractivity (Wildman–Crippen MR) is 111 cm³/mol. The molecule has 0 aliphatic heterocycles. The average molecular weight is 425 g/mol. The number of rotatable bonds is 7. The van der Waals surface area contributed by atoms with Crippen molar-refractivity contribution in [2.75, 3.05) is 0 Å². The number of carbonyl (C=O) groups is 2. The summed E-state index contributed by atoms with van der Waals surface area (Å²) in [5.41, 5.74) is 0.599. The van der Waals surface area contributed by atoms with Gasteiger partial charge in [-0.3, -0.25) is 4.79 Å². The van der Waals surface area contributed by atoms with Crippen LogP contribution in [0.15, 0.2) is 72.8 Å². The van der Waals surface area contributed by atoms with Crippen molar-refractivity contribution in [1.82, 2.24) is 5.32 Å². The van der Waals surface area contributed by atoms with Crippen LogP contribution in [0.1, 0.15) is 24.2 Å². The van der Waals surface area contributed by atoms with Gasteiger partial charge in [0.15, 0.2) is 0 Å². The van der Waals surface area contributed by atoms with Gasteiger partial charge in [-0.05, 0) is 61.4 Å². The van der Waals surface area contributed by atoms with E-state index in [2.05, 4.69) is 5.32 Å². The molecule has 0 heterocycles. The Morgan fingerprint density at radius 1 is 0.871 bits per heavy atom. The Kier molecular flexibility index (Phi) is 6.97. The van der Waals surface area contributed by atoms with Gasteiger partial charge in [0.05, 0.1) is 11.7 Å². The monoisotopic (exact) mass is 425 g/mol. The number of para-hydroxylation sites is 1. The van der Waals surface area contributed by atoms with E-state index in [1.165, 1.54) is 30.3 Å². The van der Waals surface area contributed by atoms with Gasteiger partial charge in [-0.25, -0.2) is 13.6 Å². The third-order valence-corrected chi connectivity index (χ3v) is 4.19. The van der Waals surface area contributed by atoms with Gasteiger partial charge in [-0.2, -0.15) is 0 Å². The summed E-state index contributed by atoms with van der Waals surface area (Å²) in [4.78, 5) is 25.2. The Morgan fingerprint density at radius 2 is 1.58 bits per heavy atom. The lowest BCUT2D eigenvalue weighted by Crippen LogP contribution is -2.46. The first-order valence-electron chi connectivity index (χ1n) is 9.62. The number of hydrogen-bond donors (Lipinski definition) is 1. The summed E-state index contributed by atoms with van der Waals surface area (Å²) in [5, 5.41) is 2.37. The van der Waals surface area contributed by atoms with E-state index in [1.807, 2.05) is 0 Å². The van der Waals surface area contributed by atoms with Crippen molar-refractivity contribution < 1.29 is 27.8 Å². The number of esters is 1. The molecule has 3 rings (SSSR count). The first-order valence-corrected chi connectivity index (χ1v) is 9.62. The zero-order valence-electron chi connectivity index (χ0n) is 17.0. The summed E-state index contributed by atoms with van der Waals surface area (Å²) in [6.07, 6.45) is -1.94. The average Bonchev–Trinajstić information content (AvgIpc) is 2.73.